The Hall–Kier alpha value is -3.22. The lowest BCUT2D eigenvalue weighted by atomic mass is 10.1. The second kappa shape index (κ2) is 8.03. The number of amides is 1. The zero-order chi connectivity index (χ0) is 20.4. The molecule has 1 aliphatic rings. The van der Waals surface area contributed by atoms with Gasteiger partial charge in [0, 0.05) is 30.2 Å². The molecule has 7 heteroatoms. The second-order valence-electron chi connectivity index (χ2n) is 7.02. The van der Waals surface area contributed by atoms with Gasteiger partial charge in [-0.15, -0.1) is 0 Å². The maximum Gasteiger partial charge on any atom is 0.272 e. The van der Waals surface area contributed by atoms with Gasteiger partial charge in [0.2, 0.25) is 0 Å². The first-order chi connectivity index (χ1) is 14.1. The summed E-state index contributed by atoms with van der Waals surface area (Å²) in [6, 6.07) is 10.6. The molecule has 5 nitrogen and oxygen atoms in total. The van der Waals surface area contributed by atoms with Crippen molar-refractivity contribution in [2.75, 3.05) is 25.5 Å². The van der Waals surface area contributed by atoms with Gasteiger partial charge in [0.1, 0.15) is 17.0 Å². The second-order valence-corrected chi connectivity index (χ2v) is 7.02. The molecule has 3 aromatic rings. The topological polar surface area (TPSA) is 54.5 Å². The van der Waals surface area contributed by atoms with Gasteiger partial charge in [0.25, 0.3) is 5.91 Å². The fourth-order valence-corrected chi connectivity index (χ4v) is 3.59. The Labute approximate surface area is 167 Å². The number of ether oxygens (including phenoxy) is 1. The number of anilines is 2. The predicted molar refractivity (Wildman–Crippen MR) is 108 cm³/mol. The molecule has 150 valence electrons. The van der Waals surface area contributed by atoms with Gasteiger partial charge in [-0.3, -0.25) is 4.79 Å². The summed E-state index contributed by atoms with van der Waals surface area (Å²) < 4.78 is 32.4. The smallest absolute Gasteiger partial charge is 0.272 e. The van der Waals surface area contributed by atoms with Crippen molar-refractivity contribution in [3.63, 3.8) is 0 Å². The molecule has 2 aromatic carbocycles. The third-order valence-electron chi connectivity index (χ3n) is 5.08. The Morgan fingerprint density at radius 2 is 1.86 bits per heavy atom. The van der Waals surface area contributed by atoms with E-state index >= 15 is 0 Å². The molecule has 29 heavy (non-hydrogen) atoms. The average Bonchev–Trinajstić information content (AvgIpc) is 2.76. The Bertz CT molecular complexity index is 1070. The SMILES string of the molecule is COc1cccc2c(Nc3ccc(F)c(F)c3)cc(C(=O)N3CCCCC3)nc12. The van der Waals surface area contributed by atoms with Crippen LogP contribution in [0.3, 0.4) is 0 Å². The van der Waals surface area contributed by atoms with Gasteiger partial charge in [-0.1, -0.05) is 12.1 Å². The van der Waals surface area contributed by atoms with Gasteiger partial charge in [0.05, 0.1) is 12.8 Å². The minimum Gasteiger partial charge on any atom is -0.494 e. The Balaban J connectivity index is 1.80. The van der Waals surface area contributed by atoms with Crippen LogP contribution in [0.15, 0.2) is 42.5 Å². The summed E-state index contributed by atoms with van der Waals surface area (Å²) >= 11 is 0. The Kier molecular flexibility index (Phi) is 5.29. The summed E-state index contributed by atoms with van der Waals surface area (Å²) in [5.74, 6) is -1.48. The first-order valence-electron chi connectivity index (χ1n) is 9.56. The molecule has 0 radical (unpaired) electrons. The van der Waals surface area contributed by atoms with Crippen molar-refractivity contribution in [3.8, 4) is 5.75 Å². The third-order valence-corrected chi connectivity index (χ3v) is 5.08. The van der Waals surface area contributed by atoms with Crippen LogP contribution in [0.2, 0.25) is 0 Å². The van der Waals surface area contributed by atoms with Crippen molar-refractivity contribution in [1.82, 2.24) is 9.88 Å². The van der Waals surface area contributed by atoms with Gasteiger partial charge in [-0.2, -0.15) is 0 Å². The summed E-state index contributed by atoms with van der Waals surface area (Å²) in [6.07, 6.45) is 3.07. The number of rotatable bonds is 4. The fraction of sp³-hybridized carbons (Fsp3) is 0.273. The zero-order valence-electron chi connectivity index (χ0n) is 16.0. The molecule has 1 N–H and O–H groups in total. The van der Waals surface area contributed by atoms with Crippen LogP contribution >= 0.6 is 0 Å². The van der Waals surface area contributed by atoms with E-state index < -0.39 is 11.6 Å². The van der Waals surface area contributed by atoms with E-state index in [0.29, 0.717) is 41.1 Å². The molecule has 0 bridgehead atoms. The number of likely N-dealkylation sites (tertiary alicyclic amines) is 1. The highest BCUT2D eigenvalue weighted by Crippen LogP contribution is 2.32. The number of nitrogens with zero attached hydrogens (tertiary/aromatic N) is 2. The van der Waals surface area contributed by atoms with E-state index in [4.69, 9.17) is 4.74 Å². The highest BCUT2D eigenvalue weighted by atomic mass is 19.2. The van der Waals surface area contributed by atoms with Gasteiger partial charge < -0.3 is 15.0 Å². The van der Waals surface area contributed by atoms with Gasteiger partial charge in [0.15, 0.2) is 11.6 Å². The number of pyridine rings is 1. The van der Waals surface area contributed by atoms with E-state index in [0.717, 1.165) is 31.4 Å². The molecule has 0 saturated carbocycles. The van der Waals surface area contributed by atoms with Crippen LogP contribution in [-0.4, -0.2) is 36.0 Å². The lowest BCUT2D eigenvalue weighted by Crippen LogP contribution is -2.36. The van der Waals surface area contributed by atoms with Crippen LogP contribution in [0.5, 0.6) is 5.75 Å². The summed E-state index contributed by atoms with van der Waals surface area (Å²) in [5.41, 5.74) is 1.76. The summed E-state index contributed by atoms with van der Waals surface area (Å²) in [7, 11) is 1.54. The van der Waals surface area contributed by atoms with Crippen molar-refractivity contribution in [1.29, 1.82) is 0 Å². The van der Waals surface area contributed by atoms with Crippen LogP contribution < -0.4 is 10.1 Å². The van der Waals surface area contributed by atoms with Crippen LogP contribution in [0, 0.1) is 11.6 Å². The molecule has 0 aliphatic carbocycles. The van der Waals surface area contributed by atoms with E-state index in [-0.39, 0.29) is 11.6 Å². The summed E-state index contributed by atoms with van der Waals surface area (Å²) in [6.45, 7) is 1.41. The van der Waals surface area contributed by atoms with E-state index in [1.165, 1.54) is 13.2 Å². The molecule has 0 atom stereocenters. The van der Waals surface area contributed by atoms with E-state index in [9.17, 15) is 13.6 Å². The van der Waals surface area contributed by atoms with Crippen LogP contribution in [-0.2, 0) is 0 Å². The molecular formula is C22H21F2N3O2. The summed E-state index contributed by atoms with van der Waals surface area (Å²) in [4.78, 5) is 19.4. The molecule has 1 amide bonds. The fourth-order valence-electron chi connectivity index (χ4n) is 3.59. The maximum absolute atomic E-state index is 13.7. The number of hydrogen-bond donors (Lipinski definition) is 1. The monoisotopic (exact) mass is 397 g/mol. The number of para-hydroxylation sites is 1. The molecule has 1 aromatic heterocycles. The number of carbonyl (C=O) groups is 1. The highest BCUT2D eigenvalue weighted by Gasteiger charge is 2.22. The lowest BCUT2D eigenvalue weighted by molar-refractivity contribution is 0.0719. The average molecular weight is 397 g/mol. The van der Waals surface area contributed by atoms with E-state index in [1.54, 1.807) is 17.0 Å². The van der Waals surface area contributed by atoms with Gasteiger partial charge in [-0.05, 0) is 43.5 Å². The number of nitrogens with one attached hydrogen (secondary N) is 1. The number of carbonyl (C=O) groups excluding carboxylic acids is 1. The quantitative estimate of drug-likeness (QED) is 0.681. The van der Waals surface area contributed by atoms with Crippen LogP contribution in [0.25, 0.3) is 10.9 Å². The molecule has 4 rings (SSSR count). The lowest BCUT2D eigenvalue weighted by Gasteiger charge is -2.26. The van der Waals surface area contributed by atoms with Crippen molar-refractivity contribution < 1.29 is 18.3 Å². The number of benzene rings is 2. The minimum atomic E-state index is -0.949. The van der Waals surface area contributed by atoms with Gasteiger partial charge in [-0.25, -0.2) is 13.8 Å². The number of fused-ring (bicyclic) bond motifs is 1. The van der Waals surface area contributed by atoms with Crippen LogP contribution in [0.1, 0.15) is 29.8 Å². The molecule has 2 heterocycles. The number of hydrogen-bond acceptors (Lipinski definition) is 4. The number of methoxy groups -OCH3 is 1. The minimum absolute atomic E-state index is 0.147. The van der Waals surface area contributed by atoms with E-state index in [1.807, 2.05) is 12.1 Å². The Morgan fingerprint density at radius 3 is 2.59 bits per heavy atom. The number of aromatic nitrogens is 1. The first-order valence-corrected chi connectivity index (χ1v) is 9.56. The molecule has 0 unspecified atom stereocenters. The maximum atomic E-state index is 13.7. The molecule has 1 aliphatic heterocycles. The zero-order valence-corrected chi connectivity index (χ0v) is 16.0. The third kappa shape index (κ3) is 3.85. The molecule has 0 spiro atoms. The van der Waals surface area contributed by atoms with E-state index in [2.05, 4.69) is 10.3 Å². The number of piperidine rings is 1. The van der Waals surface area contributed by atoms with Crippen molar-refractivity contribution in [3.05, 3.63) is 59.8 Å². The van der Waals surface area contributed by atoms with Crippen molar-refractivity contribution >= 4 is 28.2 Å². The van der Waals surface area contributed by atoms with Crippen LogP contribution in [0.4, 0.5) is 20.2 Å². The number of halogens is 2. The molecule has 1 saturated heterocycles. The first kappa shape index (κ1) is 19.1. The Morgan fingerprint density at radius 1 is 1.07 bits per heavy atom. The normalized spacial score (nSPS) is 14.1. The van der Waals surface area contributed by atoms with Crippen molar-refractivity contribution in [2.24, 2.45) is 0 Å². The molecule has 1 fully saturated rings. The summed E-state index contributed by atoms with van der Waals surface area (Å²) in [5, 5.41) is 3.80. The largest absolute Gasteiger partial charge is 0.494 e. The van der Waals surface area contributed by atoms with Crippen molar-refractivity contribution in [2.45, 2.75) is 19.3 Å². The van der Waals surface area contributed by atoms with Gasteiger partial charge >= 0.3 is 0 Å². The standard InChI is InChI=1S/C22H21F2N3O2/c1-29-20-7-5-6-15-18(25-14-8-9-16(23)17(24)12-14)13-19(26-21(15)20)22(28)27-10-3-2-4-11-27/h5-9,12-13H,2-4,10-11H2,1H3,(H,25,26). The predicted octanol–water partition coefficient (Wildman–Crippen LogP) is 4.89. The highest BCUT2D eigenvalue weighted by molar-refractivity contribution is 6.02. The molecular weight excluding hydrogens is 376 g/mol.